The predicted octanol–water partition coefficient (Wildman–Crippen LogP) is 1.45. The van der Waals surface area contributed by atoms with Gasteiger partial charge in [0.2, 0.25) is 0 Å². The van der Waals surface area contributed by atoms with Gasteiger partial charge in [0.05, 0.1) is 5.92 Å². The Balaban J connectivity index is 2.09. The molecule has 0 amide bonds. The molecule has 1 aromatic rings. The third-order valence-corrected chi connectivity index (χ3v) is 4.88. The molecular formula is C13H18N2O4S. The van der Waals surface area contributed by atoms with E-state index in [1.807, 2.05) is 19.1 Å². The fourth-order valence-electron chi connectivity index (χ4n) is 2.20. The summed E-state index contributed by atoms with van der Waals surface area (Å²) in [6.45, 7) is 2.29. The van der Waals surface area contributed by atoms with Crippen molar-refractivity contribution in [3.63, 3.8) is 0 Å². The number of hydrogen-bond donors (Lipinski definition) is 2. The Morgan fingerprint density at radius 1 is 1.35 bits per heavy atom. The lowest BCUT2D eigenvalue weighted by atomic mass is 10.0. The van der Waals surface area contributed by atoms with Gasteiger partial charge >= 0.3 is 16.2 Å². The molecule has 0 saturated carbocycles. The molecule has 0 radical (unpaired) electrons. The number of hydrogen-bond acceptors (Lipinski definition) is 3. The van der Waals surface area contributed by atoms with Gasteiger partial charge in [-0.1, -0.05) is 17.7 Å². The highest BCUT2D eigenvalue weighted by molar-refractivity contribution is 7.90. The van der Waals surface area contributed by atoms with E-state index in [0.29, 0.717) is 25.1 Å². The van der Waals surface area contributed by atoms with Gasteiger partial charge in [0.15, 0.2) is 0 Å². The third-order valence-electron chi connectivity index (χ3n) is 3.37. The molecule has 20 heavy (non-hydrogen) atoms. The van der Waals surface area contributed by atoms with Crippen molar-refractivity contribution in [1.82, 2.24) is 4.31 Å². The summed E-state index contributed by atoms with van der Waals surface area (Å²) in [6, 6.07) is 7.00. The van der Waals surface area contributed by atoms with Gasteiger partial charge in [0, 0.05) is 18.8 Å². The molecule has 1 heterocycles. The van der Waals surface area contributed by atoms with Crippen LogP contribution in [0.1, 0.15) is 18.4 Å². The molecule has 7 heteroatoms. The largest absolute Gasteiger partial charge is 0.481 e. The van der Waals surface area contributed by atoms with Crippen LogP contribution in [0.2, 0.25) is 0 Å². The van der Waals surface area contributed by atoms with Gasteiger partial charge in [0.1, 0.15) is 0 Å². The lowest BCUT2D eigenvalue weighted by Gasteiger charge is -2.29. The first-order valence-corrected chi connectivity index (χ1v) is 7.90. The summed E-state index contributed by atoms with van der Waals surface area (Å²) in [5.41, 5.74) is 1.52. The van der Waals surface area contributed by atoms with Crippen LogP contribution in [0.4, 0.5) is 5.69 Å². The van der Waals surface area contributed by atoms with Gasteiger partial charge in [-0.05, 0) is 31.9 Å². The fourth-order valence-corrected chi connectivity index (χ4v) is 3.51. The smallest absolute Gasteiger partial charge is 0.307 e. The number of carboxylic acid groups (broad SMARTS) is 1. The molecule has 2 rings (SSSR count). The minimum absolute atomic E-state index is 0.0243. The van der Waals surface area contributed by atoms with Gasteiger partial charge < -0.3 is 5.11 Å². The van der Waals surface area contributed by atoms with Gasteiger partial charge in [-0.3, -0.25) is 9.52 Å². The van der Waals surface area contributed by atoms with E-state index in [1.54, 1.807) is 12.1 Å². The quantitative estimate of drug-likeness (QED) is 0.880. The van der Waals surface area contributed by atoms with Crippen molar-refractivity contribution in [3.8, 4) is 0 Å². The summed E-state index contributed by atoms with van der Waals surface area (Å²) in [4.78, 5) is 11.0. The number of nitrogens with zero attached hydrogens (tertiary/aromatic N) is 1. The highest BCUT2D eigenvalue weighted by atomic mass is 32.2. The van der Waals surface area contributed by atoms with E-state index in [0.717, 1.165) is 5.56 Å². The number of carboxylic acids is 1. The van der Waals surface area contributed by atoms with Crippen LogP contribution in [0.25, 0.3) is 0 Å². The van der Waals surface area contributed by atoms with Crippen molar-refractivity contribution in [2.24, 2.45) is 5.92 Å². The second-order valence-corrected chi connectivity index (χ2v) is 6.68. The van der Waals surface area contributed by atoms with Crippen LogP contribution in [0, 0.1) is 12.8 Å². The predicted molar refractivity (Wildman–Crippen MR) is 75.7 cm³/mol. The van der Waals surface area contributed by atoms with Gasteiger partial charge in [-0.25, -0.2) is 0 Å². The number of benzene rings is 1. The molecule has 1 atom stereocenters. The van der Waals surface area contributed by atoms with Crippen LogP contribution >= 0.6 is 0 Å². The number of rotatable bonds is 4. The molecule has 2 N–H and O–H groups in total. The van der Waals surface area contributed by atoms with Gasteiger partial charge in [-0.15, -0.1) is 0 Å². The molecular weight excluding hydrogens is 280 g/mol. The SMILES string of the molecule is Cc1ccc(NS(=O)(=O)N2CCCC(C(=O)O)C2)cc1. The highest BCUT2D eigenvalue weighted by Gasteiger charge is 2.32. The van der Waals surface area contributed by atoms with Crippen molar-refractivity contribution < 1.29 is 18.3 Å². The summed E-state index contributed by atoms with van der Waals surface area (Å²) >= 11 is 0. The first kappa shape index (κ1) is 14.8. The van der Waals surface area contributed by atoms with Crippen molar-refractivity contribution in [2.75, 3.05) is 17.8 Å². The standard InChI is InChI=1S/C13H18N2O4S/c1-10-4-6-12(7-5-10)14-20(18,19)15-8-2-3-11(9-15)13(16)17/h4-7,11,14H,2-3,8-9H2,1H3,(H,16,17). The Labute approximate surface area is 118 Å². The molecule has 0 spiro atoms. The zero-order chi connectivity index (χ0) is 14.8. The summed E-state index contributed by atoms with van der Waals surface area (Å²) < 4.78 is 28.1. The average Bonchev–Trinajstić information content (AvgIpc) is 2.41. The second-order valence-electron chi connectivity index (χ2n) is 5.01. The van der Waals surface area contributed by atoms with E-state index in [2.05, 4.69) is 4.72 Å². The van der Waals surface area contributed by atoms with Crippen LogP contribution in [0.15, 0.2) is 24.3 Å². The molecule has 1 aliphatic rings. The van der Waals surface area contributed by atoms with Gasteiger partial charge in [-0.2, -0.15) is 12.7 Å². The number of piperidine rings is 1. The van der Waals surface area contributed by atoms with Crippen molar-refractivity contribution >= 4 is 21.9 Å². The van der Waals surface area contributed by atoms with Crippen LogP contribution in [-0.2, 0) is 15.0 Å². The maximum absolute atomic E-state index is 12.2. The molecule has 1 saturated heterocycles. The number of carbonyl (C=O) groups is 1. The Bertz CT molecular complexity index is 583. The summed E-state index contributed by atoms with van der Waals surface area (Å²) in [6.07, 6.45) is 1.08. The zero-order valence-corrected chi connectivity index (χ0v) is 12.1. The molecule has 1 aromatic carbocycles. The van der Waals surface area contributed by atoms with E-state index in [4.69, 9.17) is 5.11 Å². The van der Waals surface area contributed by atoms with Gasteiger partial charge in [0.25, 0.3) is 0 Å². The maximum Gasteiger partial charge on any atom is 0.307 e. The topological polar surface area (TPSA) is 86.7 Å². The van der Waals surface area contributed by atoms with Crippen LogP contribution in [-0.4, -0.2) is 36.9 Å². The fraction of sp³-hybridized carbons (Fsp3) is 0.462. The zero-order valence-electron chi connectivity index (χ0n) is 11.2. The molecule has 1 unspecified atom stereocenters. The number of anilines is 1. The van der Waals surface area contributed by atoms with E-state index in [9.17, 15) is 13.2 Å². The van der Waals surface area contributed by atoms with Crippen molar-refractivity contribution in [1.29, 1.82) is 0 Å². The summed E-state index contributed by atoms with van der Waals surface area (Å²) in [7, 11) is -3.70. The van der Waals surface area contributed by atoms with Crippen LogP contribution in [0.5, 0.6) is 0 Å². The number of aliphatic carboxylic acids is 1. The molecule has 1 fully saturated rings. The highest BCUT2D eigenvalue weighted by Crippen LogP contribution is 2.21. The van der Waals surface area contributed by atoms with E-state index in [-0.39, 0.29) is 6.54 Å². The lowest BCUT2D eigenvalue weighted by Crippen LogP contribution is -2.44. The van der Waals surface area contributed by atoms with E-state index >= 15 is 0 Å². The average molecular weight is 298 g/mol. The van der Waals surface area contributed by atoms with Crippen LogP contribution < -0.4 is 4.72 Å². The molecule has 0 aliphatic carbocycles. The Hall–Kier alpha value is -1.60. The molecule has 110 valence electrons. The molecule has 0 aromatic heterocycles. The Morgan fingerprint density at radius 2 is 2.00 bits per heavy atom. The van der Waals surface area contributed by atoms with E-state index < -0.39 is 22.1 Å². The number of nitrogens with one attached hydrogen (secondary N) is 1. The molecule has 6 nitrogen and oxygen atoms in total. The Morgan fingerprint density at radius 3 is 2.60 bits per heavy atom. The Kier molecular flexibility index (Phi) is 4.29. The monoisotopic (exact) mass is 298 g/mol. The van der Waals surface area contributed by atoms with E-state index in [1.165, 1.54) is 4.31 Å². The minimum Gasteiger partial charge on any atom is -0.481 e. The second kappa shape index (κ2) is 5.80. The lowest BCUT2D eigenvalue weighted by molar-refractivity contribution is -0.142. The summed E-state index contributed by atoms with van der Waals surface area (Å²) in [5, 5.41) is 9.00. The van der Waals surface area contributed by atoms with Crippen LogP contribution in [0.3, 0.4) is 0 Å². The first-order chi connectivity index (χ1) is 9.38. The minimum atomic E-state index is -3.70. The van der Waals surface area contributed by atoms with Crippen molar-refractivity contribution in [2.45, 2.75) is 19.8 Å². The molecule has 0 bridgehead atoms. The third kappa shape index (κ3) is 3.49. The number of aryl methyl sites for hydroxylation is 1. The summed E-state index contributed by atoms with van der Waals surface area (Å²) in [5.74, 6) is -1.57. The maximum atomic E-state index is 12.2. The molecule has 1 aliphatic heterocycles. The normalized spacial score (nSPS) is 20.6. The first-order valence-electron chi connectivity index (χ1n) is 6.46. The van der Waals surface area contributed by atoms with Crippen molar-refractivity contribution in [3.05, 3.63) is 29.8 Å².